The first-order chi connectivity index (χ1) is 12.2. The fraction of sp³-hybridized carbons (Fsp3) is 0.300. The highest BCUT2D eigenvalue weighted by Crippen LogP contribution is 2.20. The molecule has 25 heavy (non-hydrogen) atoms. The summed E-state index contributed by atoms with van der Waals surface area (Å²) in [6.45, 7) is 0. The van der Waals surface area contributed by atoms with Crippen LogP contribution in [0.15, 0.2) is 65.8 Å². The number of carbonyl (C=O) groups excluding carboxylic acids is 1. The molecule has 0 aliphatic carbocycles. The maximum atomic E-state index is 11.7. The minimum absolute atomic E-state index is 0.196. The van der Waals surface area contributed by atoms with Crippen molar-refractivity contribution in [3.8, 4) is 0 Å². The van der Waals surface area contributed by atoms with Gasteiger partial charge in [-0.3, -0.25) is 0 Å². The number of alkyl carbamates (subject to hydrolysis) is 1. The van der Waals surface area contributed by atoms with Crippen LogP contribution in [0.1, 0.15) is 17.5 Å². The Balaban J connectivity index is 1.64. The van der Waals surface area contributed by atoms with Gasteiger partial charge in [0, 0.05) is 12.8 Å². The maximum absolute atomic E-state index is 11.7. The zero-order valence-electron chi connectivity index (χ0n) is 14.2. The van der Waals surface area contributed by atoms with E-state index in [9.17, 15) is 4.79 Å². The standard InChI is InChI=1S/C20H22N2O3/c1-24-20(23)21-18(13-16-10-6-3-7-11-16)19-14-17(22-25-19)12-15-8-4-2-5-9-15/h2-11,18-19H,12-14H2,1H3,(H,21,23)/t18-,19-/m0/s1. The number of carbonyl (C=O) groups is 1. The van der Waals surface area contributed by atoms with Gasteiger partial charge in [0.05, 0.1) is 18.9 Å². The molecule has 1 N–H and O–H groups in total. The second kappa shape index (κ2) is 8.33. The highest BCUT2D eigenvalue weighted by atomic mass is 16.6. The number of nitrogens with zero attached hydrogens (tertiary/aromatic N) is 1. The van der Waals surface area contributed by atoms with Crippen LogP contribution in [0.5, 0.6) is 0 Å². The van der Waals surface area contributed by atoms with Crippen LogP contribution in [-0.2, 0) is 22.4 Å². The van der Waals surface area contributed by atoms with Crippen molar-refractivity contribution in [2.75, 3.05) is 7.11 Å². The maximum Gasteiger partial charge on any atom is 0.407 e. The highest BCUT2D eigenvalue weighted by Gasteiger charge is 2.31. The summed E-state index contributed by atoms with van der Waals surface area (Å²) in [4.78, 5) is 17.4. The van der Waals surface area contributed by atoms with Gasteiger partial charge in [-0.15, -0.1) is 0 Å². The molecule has 0 aromatic heterocycles. The Morgan fingerprint density at radius 3 is 2.44 bits per heavy atom. The monoisotopic (exact) mass is 338 g/mol. The number of nitrogens with one attached hydrogen (secondary N) is 1. The van der Waals surface area contributed by atoms with Gasteiger partial charge in [-0.05, 0) is 17.5 Å². The number of ether oxygens (including phenoxy) is 1. The number of hydrogen-bond donors (Lipinski definition) is 1. The van der Waals surface area contributed by atoms with Crippen LogP contribution in [0.4, 0.5) is 4.79 Å². The molecule has 1 aliphatic rings. The van der Waals surface area contributed by atoms with Gasteiger partial charge >= 0.3 is 6.09 Å². The van der Waals surface area contributed by atoms with Gasteiger partial charge in [0.15, 0.2) is 6.10 Å². The van der Waals surface area contributed by atoms with Crippen LogP contribution >= 0.6 is 0 Å². The smallest absolute Gasteiger partial charge is 0.407 e. The van der Waals surface area contributed by atoms with E-state index < -0.39 is 6.09 Å². The number of hydrogen-bond acceptors (Lipinski definition) is 4. The molecule has 0 fully saturated rings. The second-order valence-electron chi connectivity index (χ2n) is 6.10. The molecule has 3 rings (SSSR count). The van der Waals surface area contributed by atoms with Crippen LogP contribution < -0.4 is 5.32 Å². The molecule has 130 valence electrons. The van der Waals surface area contributed by atoms with Gasteiger partial charge in [-0.1, -0.05) is 65.8 Å². The van der Waals surface area contributed by atoms with E-state index in [0.717, 1.165) is 17.7 Å². The van der Waals surface area contributed by atoms with Crippen LogP contribution in [0, 0.1) is 0 Å². The van der Waals surface area contributed by atoms with Crippen molar-refractivity contribution in [2.24, 2.45) is 5.16 Å². The van der Waals surface area contributed by atoms with E-state index >= 15 is 0 Å². The molecule has 1 aliphatic heterocycles. The van der Waals surface area contributed by atoms with Crippen LogP contribution in [0.25, 0.3) is 0 Å². The average Bonchev–Trinajstić information content (AvgIpc) is 3.11. The van der Waals surface area contributed by atoms with E-state index in [0.29, 0.717) is 12.8 Å². The first kappa shape index (κ1) is 17.0. The van der Waals surface area contributed by atoms with Crippen molar-refractivity contribution in [1.82, 2.24) is 5.32 Å². The molecule has 0 saturated heterocycles. The Morgan fingerprint density at radius 1 is 1.16 bits per heavy atom. The number of rotatable bonds is 6. The summed E-state index contributed by atoms with van der Waals surface area (Å²) in [5.74, 6) is 0. The molecule has 1 amide bonds. The molecular weight excluding hydrogens is 316 g/mol. The Morgan fingerprint density at radius 2 is 1.80 bits per heavy atom. The van der Waals surface area contributed by atoms with Crippen LogP contribution in [0.2, 0.25) is 0 Å². The summed E-state index contributed by atoms with van der Waals surface area (Å²) < 4.78 is 4.76. The molecule has 0 saturated carbocycles. The van der Waals surface area contributed by atoms with E-state index in [1.807, 2.05) is 48.5 Å². The number of oxime groups is 1. The van der Waals surface area contributed by atoms with Gasteiger partial charge in [-0.25, -0.2) is 4.79 Å². The lowest BCUT2D eigenvalue weighted by molar-refractivity contribution is 0.0535. The Kier molecular flexibility index (Phi) is 5.67. The third-order valence-electron chi connectivity index (χ3n) is 4.24. The van der Waals surface area contributed by atoms with E-state index in [-0.39, 0.29) is 12.1 Å². The molecule has 0 bridgehead atoms. The summed E-state index contributed by atoms with van der Waals surface area (Å²) in [5, 5.41) is 7.11. The minimum Gasteiger partial charge on any atom is -0.453 e. The van der Waals surface area contributed by atoms with Crippen molar-refractivity contribution < 1.29 is 14.4 Å². The van der Waals surface area contributed by atoms with Crippen molar-refractivity contribution in [3.05, 3.63) is 71.8 Å². The van der Waals surface area contributed by atoms with E-state index in [1.54, 1.807) is 0 Å². The summed E-state index contributed by atoms with van der Waals surface area (Å²) >= 11 is 0. The van der Waals surface area contributed by atoms with Crippen molar-refractivity contribution in [2.45, 2.75) is 31.4 Å². The molecule has 2 atom stereocenters. The van der Waals surface area contributed by atoms with E-state index in [2.05, 4.69) is 22.6 Å². The number of amides is 1. The van der Waals surface area contributed by atoms with E-state index in [4.69, 9.17) is 9.57 Å². The summed E-state index contributed by atoms with van der Waals surface area (Å²) in [6.07, 6.45) is 1.46. The molecule has 0 spiro atoms. The summed E-state index contributed by atoms with van der Waals surface area (Å²) in [7, 11) is 1.36. The fourth-order valence-corrected chi connectivity index (χ4v) is 2.95. The summed E-state index contributed by atoms with van der Waals surface area (Å²) in [5.41, 5.74) is 3.32. The van der Waals surface area contributed by atoms with Crippen molar-refractivity contribution in [3.63, 3.8) is 0 Å². The molecule has 0 radical (unpaired) electrons. The van der Waals surface area contributed by atoms with Crippen LogP contribution in [0.3, 0.4) is 0 Å². The lowest BCUT2D eigenvalue weighted by atomic mass is 9.96. The largest absolute Gasteiger partial charge is 0.453 e. The second-order valence-corrected chi connectivity index (χ2v) is 6.10. The lowest BCUT2D eigenvalue weighted by Crippen LogP contribution is -2.45. The Labute approximate surface area is 147 Å². The normalized spacial score (nSPS) is 17.3. The fourth-order valence-electron chi connectivity index (χ4n) is 2.95. The predicted molar refractivity (Wildman–Crippen MR) is 96.5 cm³/mol. The van der Waals surface area contributed by atoms with Crippen molar-refractivity contribution in [1.29, 1.82) is 0 Å². The SMILES string of the molecule is COC(=O)N[C@@H](Cc1ccccc1)[C@@H]1CC(Cc2ccccc2)=NO1. The topological polar surface area (TPSA) is 59.9 Å². The van der Waals surface area contributed by atoms with Gasteiger partial charge in [0.2, 0.25) is 0 Å². The Hall–Kier alpha value is -2.82. The minimum atomic E-state index is -0.457. The van der Waals surface area contributed by atoms with Gasteiger partial charge in [-0.2, -0.15) is 0 Å². The quantitative estimate of drug-likeness (QED) is 0.879. The molecule has 5 heteroatoms. The third kappa shape index (κ3) is 4.83. The van der Waals surface area contributed by atoms with Gasteiger partial charge in [0.25, 0.3) is 0 Å². The van der Waals surface area contributed by atoms with Gasteiger partial charge in [0.1, 0.15) is 0 Å². The zero-order valence-corrected chi connectivity index (χ0v) is 14.2. The highest BCUT2D eigenvalue weighted by molar-refractivity contribution is 5.87. The average molecular weight is 338 g/mol. The lowest BCUT2D eigenvalue weighted by Gasteiger charge is -2.22. The predicted octanol–water partition coefficient (Wildman–Crippen LogP) is 3.34. The molecular formula is C20H22N2O3. The zero-order chi connectivity index (χ0) is 17.5. The number of methoxy groups -OCH3 is 1. The van der Waals surface area contributed by atoms with Crippen molar-refractivity contribution >= 4 is 11.8 Å². The molecule has 1 heterocycles. The summed E-state index contributed by atoms with van der Waals surface area (Å²) in [6, 6.07) is 20.0. The van der Waals surface area contributed by atoms with Crippen LogP contribution in [-0.4, -0.2) is 31.1 Å². The first-order valence-corrected chi connectivity index (χ1v) is 8.38. The molecule has 5 nitrogen and oxygen atoms in total. The van der Waals surface area contributed by atoms with E-state index in [1.165, 1.54) is 12.7 Å². The number of benzene rings is 2. The first-order valence-electron chi connectivity index (χ1n) is 8.38. The molecule has 2 aromatic rings. The molecule has 0 unspecified atom stereocenters. The van der Waals surface area contributed by atoms with Gasteiger partial charge < -0.3 is 14.9 Å². The Bertz CT molecular complexity index is 716. The third-order valence-corrected chi connectivity index (χ3v) is 4.24. The molecule has 2 aromatic carbocycles.